The van der Waals surface area contributed by atoms with Gasteiger partial charge in [-0.15, -0.1) is 0 Å². The smallest absolute Gasteiger partial charge is 0.417 e. The number of hydrogen-bond acceptors (Lipinski definition) is 3. The lowest BCUT2D eigenvalue weighted by molar-refractivity contribution is -0.0697. The molecule has 1 aromatic rings. The van der Waals surface area contributed by atoms with E-state index >= 15 is 0 Å². The van der Waals surface area contributed by atoms with E-state index in [0.29, 0.717) is 13.0 Å². The van der Waals surface area contributed by atoms with E-state index in [2.05, 4.69) is 57.7 Å². The molecule has 4 nitrogen and oxygen atoms in total. The SMILES string of the molecule is Cc1ccc(S(=O)(=O)N(C#CC#CCCCO[Si](C)(C)C(C)(C)C)CCC#CC(F)(F)F)cc1. The van der Waals surface area contributed by atoms with Gasteiger partial charge in [0.15, 0.2) is 8.32 Å². The van der Waals surface area contributed by atoms with Crippen molar-refractivity contribution in [1.29, 1.82) is 0 Å². The Kier molecular flexibility index (Phi) is 10.8. The van der Waals surface area contributed by atoms with Crippen LogP contribution in [0.4, 0.5) is 13.2 Å². The van der Waals surface area contributed by atoms with Gasteiger partial charge >= 0.3 is 6.18 Å². The van der Waals surface area contributed by atoms with Gasteiger partial charge in [0.2, 0.25) is 0 Å². The molecule has 0 unspecified atom stereocenters. The molecular formula is C25H32F3NO3SSi. The molecule has 0 atom stereocenters. The molecule has 0 radical (unpaired) electrons. The summed E-state index contributed by atoms with van der Waals surface area (Å²) in [5.41, 5.74) is 0.871. The number of nitrogens with zero attached hydrogens (tertiary/aromatic N) is 1. The lowest BCUT2D eigenvalue weighted by Crippen LogP contribution is -2.40. The van der Waals surface area contributed by atoms with Gasteiger partial charge in [-0.3, -0.25) is 0 Å². The van der Waals surface area contributed by atoms with E-state index in [4.69, 9.17) is 4.43 Å². The zero-order valence-corrected chi connectivity index (χ0v) is 22.4. The van der Waals surface area contributed by atoms with Crippen molar-refractivity contribution >= 4 is 18.3 Å². The summed E-state index contributed by atoms with van der Waals surface area (Å²) in [6.45, 7) is 12.9. The molecule has 34 heavy (non-hydrogen) atoms. The van der Waals surface area contributed by atoms with Crippen LogP contribution in [-0.4, -0.2) is 40.4 Å². The predicted octanol–water partition coefficient (Wildman–Crippen LogP) is 5.71. The van der Waals surface area contributed by atoms with Crippen LogP contribution in [-0.2, 0) is 14.4 Å². The molecule has 0 aliphatic carbocycles. The third-order valence-corrected chi connectivity index (χ3v) is 11.6. The third kappa shape index (κ3) is 10.3. The zero-order valence-electron chi connectivity index (χ0n) is 20.6. The van der Waals surface area contributed by atoms with E-state index in [1.807, 2.05) is 12.8 Å². The van der Waals surface area contributed by atoms with Gasteiger partial charge in [0, 0.05) is 37.3 Å². The van der Waals surface area contributed by atoms with Crippen LogP contribution in [0, 0.1) is 42.6 Å². The van der Waals surface area contributed by atoms with E-state index in [9.17, 15) is 21.6 Å². The maximum Gasteiger partial charge on any atom is 0.457 e. The van der Waals surface area contributed by atoms with Gasteiger partial charge in [0.05, 0.1) is 11.4 Å². The molecule has 0 saturated carbocycles. The van der Waals surface area contributed by atoms with Crippen molar-refractivity contribution in [2.75, 3.05) is 13.2 Å². The standard InChI is InChI=1S/C25H32F3NO3SSi/c1-22-14-16-23(17-15-22)33(30,31)29(20-12-10-18-25(26,27)28)19-11-8-7-9-13-21-32-34(5,6)24(2,3)4/h14-17H,9,12-13,20-21H2,1-6H3. The first-order chi connectivity index (χ1) is 15.6. The molecule has 1 rings (SSSR count). The molecule has 0 aliphatic heterocycles. The third-order valence-electron chi connectivity index (χ3n) is 5.33. The summed E-state index contributed by atoms with van der Waals surface area (Å²) < 4.78 is 69.5. The number of unbranched alkanes of at least 4 members (excludes halogenated alkanes) is 1. The van der Waals surface area contributed by atoms with Crippen LogP contribution >= 0.6 is 0 Å². The highest BCUT2D eigenvalue weighted by Crippen LogP contribution is 2.36. The molecule has 0 spiro atoms. The highest BCUT2D eigenvalue weighted by Gasteiger charge is 2.36. The van der Waals surface area contributed by atoms with E-state index in [1.165, 1.54) is 12.1 Å². The Morgan fingerprint density at radius 1 is 1.00 bits per heavy atom. The molecule has 0 N–H and O–H groups in total. The number of sulfonamides is 1. The summed E-state index contributed by atoms with van der Waals surface area (Å²) in [4.78, 5) is -0.00748. The minimum atomic E-state index is -4.63. The fraction of sp³-hybridized carbons (Fsp3) is 0.520. The fourth-order valence-electron chi connectivity index (χ4n) is 2.30. The van der Waals surface area contributed by atoms with Crippen molar-refractivity contribution in [1.82, 2.24) is 4.31 Å². The number of halogens is 3. The van der Waals surface area contributed by atoms with Crippen molar-refractivity contribution in [3.63, 3.8) is 0 Å². The van der Waals surface area contributed by atoms with Crippen LogP contribution in [0.5, 0.6) is 0 Å². The first-order valence-corrected chi connectivity index (χ1v) is 15.2. The van der Waals surface area contributed by atoms with Gasteiger partial charge in [-0.2, -0.15) is 13.2 Å². The van der Waals surface area contributed by atoms with Gasteiger partial charge in [-0.1, -0.05) is 50.3 Å². The normalized spacial score (nSPS) is 11.9. The summed E-state index contributed by atoms with van der Waals surface area (Å²) >= 11 is 0. The average molecular weight is 512 g/mol. The molecule has 1 aromatic carbocycles. The molecule has 9 heteroatoms. The van der Waals surface area contributed by atoms with Gasteiger partial charge in [0.1, 0.15) is 0 Å². The Labute approximate surface area is 203 Å². The molecular weight excluding hydrogens is 479 g/mol. The topological polar surface area (TPSA) is 46.6 Å². The van der Waals surface area contributed by atoms with Crippen molar-refractivity contribution < 1.29 is 26.0 Å². The quantitative estimate of drug-likeness (QED) is 0.194. The number of aryl methyl sites for hydroxylation is 1. The second kappa shape index (κ2) is 12.4. The van der Waals surface area contributed by atoms with Crippen molar-refractivity contribution in [2.24, 2.45) is 0 Å². The predicted molar refractivity (Wildman–Crippen MR) is 131 cm³/mol. The lowest BCUT2D eigenvalue weighted by Gasteiger charge is -2.36. The fourth-order valence-corrected chi connectivity index (χ4v) is 4.61. The maximum absolute atomic E-state index is 12.9. The van der Waals surface area contributed by atoms with Gasteiger partial charge in [-0.25, -0.2) is 12.7 Å². The Morgan fingerprint density at radius 3 is 2.18 bits per heavy atom. The Balaban J connectivity index is 2.86. The van der Waals surface area contributed by atoms with E-state index in [0.717, 1.165) is 22.2 Å². The van der Waals surface area contributed by atoms with Crippen molar-refractivity contribution in [3.8, 4) is 35.6 Å². The summed E-state index contributed by atoms with van der Waals surface area (Å²) in [7, 11) is -5.85. The lowest BCUT2D eigenvalue weighted by atomic mass is 10.2. The minimum absolute atomic E-state index is 0.00748. The first kappa shape index (κ1) is 29.6. The van der Waals surface area contributed by atoms with Crippen LogP contribution in [0.15, 0.2) is 29.2 Å². The Morgan fingerprint density at radius 2 is 1.62 bits per heavy atom. The molecule has 0 saturated heterocycles. The van der Waals surface area contributed by atoms with Crippen LogP contribution in [0.2, 0.25) is 18.1 Å². The van der Waals surface area contributed by atoms with E-state index in [-0.39, 0.29) is 22.9 Å². The summed E-state index contributed by atoms with van der Waals surface area (Å²) in [5, 5.41) is 0.126. The number of hydrogen-bond donors (Lipinski definition) is 0. The number of rotatable bonds is 8. The summed E-state index contributed by atoms with van der Waals surface area (Å²) in [6, 6.07) is 8.57. The van der Waals surface area contributed by atoms with Gasteiger partial charge in [0.25, 0.3) is 10.0 Å². The highest BCUT2D eigenvalue weighted by atomic mass is 32.2. The molecule has 0 aromatic heterocycles. The average Bonchev–Trinajstić information content (AvgIpc) is 2.69. The van der Waals surface area contributed by atoms with Crippen LogP contribution < -0.4 is 0 Å². The highest BCUT2D eigenvalue weighted by molar-refractivity contribution is 7.89. The molecule has 0 bridgehead atoms. The molecule has 186 valence electrons. The molecule has 0 fully saturated rings. The zero-order chi connectivity index (χ0) is 26.0. The van der Waals surface area contributed by atoms with Gasteiger partial charge in [-0.05, 0) is 49.5 Å². The Bertz CT molecular complexity index is 1100. The van der Waals surface area contributed by atoms with Crippen molar-refractivity contribution in [3.05, 3.63) is 29.8 Å². The summed E-state index contributed by atoms with van der Waals surface area (Å²) in [6.07, 6.45) is -3.70. The largest absolute Gasteiger partial charge is 0.457 e. The second-order valence-corrected chi connectivity index (χ2v) is 15.9. The Hall–Kier alpha value is -2.38. The van der Waals surface area contributed by atoms with Gasteiger partial charge < -0.3 is 4.43 Å². The number of benzene rings is 1. The van der Waals surface area contributed by atoms with Crippen LogP contribution in [0.25, 0.3) is 0 Å². The first-order valence-electron chi connectivity index (χ1n) is 10.8. The van der Waals surface area contributed by atoms with E-state index < -0.39 is 24.5 Å². The summed E-state index contributed by atoms with van der Waals surface area (Å²) in [5.74, 6) is 11.0. The minimum Gasteiger partial charge on any atom is -0.417 e. The van der Waals surface area contributed by atoms with E-state index in [1.54, 1.807) is 12.1 Å². The molecule has 0 aliphatic rings. The monoisotopic (exact) mass is 511 g/mol. The van der Waals surface area contributed by atoms with Crippen LogP contribution in [0.1, 0.15) is 45.6 Å². The molecule has 0 amide bonds. The second-order valence-electron chi connectivity index (χ2n) is 9.19. The van der Waals surface area contributed by atoms with Crippen LogP contribution in [0.3, 0.4) is 0 Å². The molecule has 0 heterocycles. The number of alkyl halides is 3. The maximum atomic E-state index is 12.9. The van der Waals surface area contributed by atoms with Crippen molar-refractivity contribution in [2.45, 2.75) is 76.2 Å².